The Balaban J connectivity index is 1.53. The Kier molecular flexibility index (Phi) is 6.57. The lowest BCUT2D eigenvalue weighted by Gasteiger charge is -2.10. The maximum absolute atomic E-state index is 12.9. The second kappa shape index (κ2) is 9.50. The first-order valence-electron chi connectivity index (χ1n) is 8.90. The Labute approximate surface area is 167 Å². The first-order valence-corrected chi connectivity index (χ1v) is 8.90. The molecular weight excluding hydrogens is 375 g/mol. The van der Waals surface area contributed by atoms with E-state index in [1.54, 1.807) is 56.7 Å². The van der Waals surface area contributed by atoms with E-state index in [2.05, 4.69) is 20.8 Å². The van der Waals surface area contributed by atoms with Crippen molar-refractivity contribution in [3.8, 4) is 11.5 Å². The van der Waals surface area contributed by atoms with Crippen LogP contribution in [0.25, 0.3) is 0 Å². The molecule has 0 saturated carbocycles. The van der Waals surface area contributed by atoms with E-state index in [0.29, 0.717) is 29.7 Å². The number of carbonyl (C=O) groups excluding carboxylic acids is 1. The van der Waals surface area contributed by atoms with Gasteiger partial charge in [-0.1, -0.05) is 18.2 Å². The molecule has 1 heterocycles. The van der Waals surface area contributed by atoms with Crippen LogP contribution in [0.5, 0.6) is 11.5 Å². The van der Waals surface area contributed by atoms with Crippen molar-refractivity contribution in [3.63, 3.8) is 0 Å². The van der Waals surface area contributed by atoms with Gasteiger partial charge < -0.3 is 20.1 Å². The average molecular weight is 396 g/mol. The Hall–Kier alpha value is -3.68. The van der Waals surface area contributed by atoms with Gasteiger partial charge in [0.1, 0.15) is 11.6 Å². The van der Waals surface area contributed by atoms with Crippen LogP contribution in [0, 0.1) is 5.82 Å². The number of amides is 1. The minimum absolute atomic E-state index is 0.159. The number of carbonyl (C=O) groups is 1. The van der Waals surface area contributed by atoms with Crippen molar-refractivity contribution < 1.29 is 18.7 Å². The summed E-state index contributed by atoms with van der Waals surface area (Å²) in [6, 6.07) is 14.9. The van der Waals surface area contributed by atoms with Crippen molar-refractivity contribution in [2.45, 2.75) is 13.0 Å². The molecule has 0 aliphatic heterocycles. The molecule has 0 unspecified atom stereocenters. The van der Waals surface area contributed by atoms with Gasteiger partial charge in [0.25, 0.3) is 0 Å². The van der Waals surface area contributed by atoms with E-state index < -0.39 is 0 Å². The molecule has 0 aliphatic carbocycles. The Bertz CT molecular complexity index is 963. The number of aromatic nitrogens is 2. The van der Waals surface area contributed by atoms with Gasteiger partial charge in [0.2, 0.25) is 5.91 Å². The van der Waals surface area contributed by atoms with Crippen LogP contribution in [0.4, 0.5) is 16.0 Å². The van der Waals surface area contributed by atoms with Crippen LogP contribution in [-0.4, -0.2) is 30.3 Å². The molecular formula is C21H21FN4O3. The summed E-state index contributed by atoms with van der Waals surface area (Å²) >= 11 is 0. The molecule has 0 fully saturated rings. The third-order valence-electron chi connectivity index (χ3n) is 4.13. The molecule has 1 amide bonds. The fraction of sp³-hybridized carbons (Fsp3) is 0.190. The van der Waals surface area contributed by atoms with Gasteiger partial charge in [0.05, 0.1) is 20.6 Å². The van der Waals surface area contributed by atoms with Crippen molar-refractivity contribution in [1.29, 1.82) is 0 Å². The van der Waals surface area contributed by atoms with Crippen LogP contribution in [0.2, 0.25) is 0 Å². The summed E-state index contributed by atoms with van der Waals surface area (Å²) in [7, 11) is 3.10. The van der Waals surface area contributed by atoms with Gasteiger partial charge >= 0.3 is 0 Å². The summed E-state index contributed by atoms with van der Waals surface area (Å²) in [6.07, 6.45) is 0.159. The predicted molar refractivity (Wildman–Crippen MR) is 108 cm³/mol. The monoisotopic (exact) mass is 396 g/mol. The molecule has 3 aromatic rings. The number of methoxy groups -OCH3 is 2. The van der Waals surface area contributed by atoms with Crippen LogP contribution in [0.15, 0.2) is 54.6 Å². The van der Waals surface area contributed by atoms with Crippen molar-refractivity contribution in [3.05, 3.63) is 71.5 Å². The van der Waals surface area contributed by atoms with Crippen molar-refractivity contribution in [1.82, 2.24) is 10.2 Å². The smallest absolute Gasteiger partial charge is 0.229 e. The van der Waals surface area contributed by atoms with E-state index >= 15 is 0 Å². The third-order valence-corrected chi connectivity index (χ3v) is 4.13. The highest BCUT2D eigenvalue weighted by Gasteiger charge is 2.09. The number of hydrogen-bond acceptors (Lipinski definition) is 6. The van der Waals surface area contributed by atoms with Gasteiger partial charge in [-0.15, -0.1) is 10.2 Å². The highest BCUT2D eigenvalue weighted by atomic mass is 19.1. The molecule has 0 saturated heterocycles. The van der Waals surface area contributed by atoms with Gasteiger partial charge in [-0.25, -0.2) is 4.39 Å². The summed E-state index contributed by atoms with van der Waals surface area (Å²) in [6.45, 7) is 0.486. The fourth-order valence-electron chi connectivity index (χ4n) is 2.65. The molecule has 7 nitrogen and oxygen atoms in total. The van der Waals surface area contributed by atoms with E-state index in [1.165, 1.54) is 12.1 Å². The van der Waals surface area contributed by atoms with Gasteiger partial charge in [0, 0.05) is 6.54 Å². The van der Waals surface area contributed by atoms with E-state index in [0.717, 1.165) is 11.1 Å². The largest absolute Gasteiger partial charge is 0.493 e. The quantitative estimate of drug-likeness (QED) is 0.607. The maximum Gasteiger partial charge on any atom is 0.229 e. The highest BCUT2D eigenvalue weighted by molar-refractivity contribution is 5.91. The molecule has 3 rings (SSSR count). The molecule has 1 aromatic heterocycles. The number of ether oxygens (including phenoxy) is 2. The number of benzene rings is 2. The number of nitrogens with one attached hydrogen (secondary N) is 2. The number of nitrogens with zero attached hydrogens (tertiary/aromatic N) is 2. The van der Waals surface area contributed by atoms with Crippen LogP contribution in [0.3, 0.4) is 0 Å². The van der Waals surface area contributed by atoms with Crippen molar-refractivity contribution in [2.75, 3.05) is 24.9 Å². The second-order valence-corrected chi connectivity index (χ2v) is 6.20. The topological polar surface area (TPSA) is 85.4 Å². The number of anilines is 2. The van der Waals surface area contributed by atoms with Crippen LogP contribution < -0.4 is 20.1 Å². The fourth-order valence-corrected chi connectivity index (χ4v) is 2.65. The average Bonchev–Trinajstić information content (AvgIpc) is 2.74. The first kappa shape index (κ1) is 20.1. The Morgan fingerprint density at radius 2 is 1.55 bits per heavy atom. The Morgan fingerprint density at radius 1 is 0.897 bits per heavy atom. The van der Waals surface area contributed by atoms with E-state index in [9.17, 15) is 9.18 Å². The van der Waals surface area contributed by atoms with E-state index in [4.69, 9.17) is 9.47 Å². The van der Waals surface area contributed by atoms with Gasteiger partial charge in [-0.3, -0.25) is 4.79 Å². The second-order valence-electron chi connectivity index (χ2n) is 6.20. The Morgan fingerprint density at radius 3 is 2.21 bits per heavy atom. The zero-order chi connectivity index (χ0) is 20.6. The molecule has 0 radical (unpaired) electrons. The highest BCUT2D eigenvalue weighted by Crippen LogP contribution is 2.27. The van der Waals surface area contributed by atoms with E-state index in [1.807, 2.05) is 0 Å². The molecule has 0 aliphatic rings. The molecule has 0 atom stereocenters. The zero-order valence-corrected chi connectivity index (χ0v) is 16.1. The summed E-state index contributed by atoms with van der Waals surface area (Å²) in [5.74, 6) is 1.57. The lowest BCUT2D eigenvalue weighted by Crippen LogP contribution is -2.16. The normalized spacial score (nSPS) is 10.3. The number of halogens is 1. The zero-order valence-electron chi connectivity index (χ0n) is 16.1. The molecule has 0 spiro atoms. The SMILES string of the molecule is COc1ccc(CC(=O)Nc2ccc(NCc3ccc(F)cc3)nn2)cc1OC. The van der Waals surface area contributed by atoms with Crippen molar-refractivity contribution >= 4 is 17.5 Å². The predicted octanol–water partition coefficient (Wildman–Crippen LogP) is 3.43. The maximum atomic E-state index is 12.9. The standard InChI is InChI=1S/C21H21FN4O3/c1-28-17-8-5-15(11-18(17)29-2)12-21(27)24-20-10-9-19(25-26-20)23-13-14-3-6-16(22)7-4-14/h3-11H,12-13H2,1-2H3,(H,23,25)(H,24,26,27). The summed E-state index contributed by atoms with van der Waals surface area (Å²) in [5.41, 5.74) is 1.70. The van der Waals surface area contributed by atoms with Gasteiger partial charge in [-0.05, 0) is 47.5 Å². The lowest BCUT2D eigenvalue weighted by atomic mass is 10.1. The first-order chi connectivity index (χ1) is 14.1. The molecule has 2 N–H and O–H groups in total. The minimum atomic E-state index is -0.276. The van der Waals surface area contributed by atoms with Crippen LogP contribution in [0.1, 0.15) is 11.1 Å². The molecule has 150 valence electrons. The van der Waals surface area contributed by atoms with Crippen LogP contribution >= 0.6 is 0 Å². The minimum Gasteiger partial charge on any atom is -0.493 e. The molecule has 2 aromatic carbocycles. The summed E-state index contributed by atoms with van der Waals surface area (Å²) in [5, 5.41) is 13.8. The van der Waals surface area contributed by atoms with Crippen LogP contribution in [-0.2, 0) is 17.8 Å². The molecule has 0 bridgehead atoms. The number of rotatable bonds is 8. The summed E-state index contributed by atoms with van der Waals surface area (Å²) < 4.78 is 23.4. The van der Waals surface area contributed by atoms with Gasteiger partial charge in [0.15, 0.2) is 17.3 Å². The van der Waals surface area contributed by atoms with E-state index in [-0.39, 0.29) is 18.1 Å². The van der Waals surface area contributed by atoms with Crippen molar-refractivity contribution in [2.24, 2.45) is 0 Å². The molecule has 8 heteroatoms. The third kappa shape index (κ3) is 5.65. The number of hydrogen-bond donors (Lipinski definition) is 2. The lowest BCUT2D eigenvalue weighted by molar-refractivity contribution is -0.115. The summed E-state index contributed by atoms with van der Waals surface area (Å²) in [4.78, 5) is 12.3. The van der Waals surface area contributed by atoms with Gasteiger partial charge in [-0.2, -0.15) is 0 Å². The molecule has 29 heavy (non-hydrogen) atoms.